The van der Waals surface area contributed by atoms with E-state index < -0.39 is 11.8 Å². The molecule has 0 aliphatic heterocycles. The molecule has 3 aromatic rings. The van der Waals surface area contributed by atoms with Crippen molar-refractivity contribution in [3.8, 4) is 17.2 Å². The van der Waals surface area contributed by atoms with Gasteiger partial charge in [-0.05, 0) is 34.9 Å². The number of phenols is 1. The Hall–Kier alpha value is -4.26. The molecular weight excluding hydrogens is 420 g/mol. The van der Waals surface area contributed by atoms with Crippen molar-refractivity contribution in [2.75, 3.05) is 14.2 Å². The van der Waals surface area contributed by atoms with E-state index >= 15 is 0 Å². The maximum Gasteiger partial charge on any atom is 0.257 e. The first-order valence-corrected chi connectivity index (χ1v) is 10.3. The molecule has 33 heavy (non-hydrogen) atoms. The molecule has 7 heteroatoms. The van der Waals surface area contributed by atoms with Gasteiger partial charge >= 0.3 is 0 Å². The number of ether oxygens (including phenoxy) is 2. The minimum atomic E-state index is -0.532. The molecule has 0 bridgehead atoms. The summed E-state index contributed by atoms with van der Waals surface area (Å²) in [7, 11) is 2.81. The first kappa shape index (κ1) is 23.4. The lowest BCUT2D eigenvalue weighted by molar-refractivity contribution is -0.123. The molecule has 0 atom stereocenters. The highest BCUT2D eigenvalue weighted by molar-refractivity contribution is 6.21. The number of hydrogen-bond donors (Lipinski definition) is 3. The van der Waals surface area contributed by atoms with E-state index in [-0.39, 0.29) is 35.9 Å². The van der Waals surface area contributed by atoms with Gasteiger partial charge in [0.25, 0.3) is 11.8 Å². The maximum atomic E-state index is 13.0. The Balaban J connectivity index is 1.88. The van der Waals surface area contributed by atoms with Crippen molar-refractivity contribution >= 4 is 17.9 Å². The molecule has 0 saturated heterocycles. The fraction of sp³-hybridized carbons (Fsp3) is 0.154. The van der Waals surface area contributed by atoms with Crippen molar-refractivity contribution in [2.24, 2.45) is 0 Å². The van der Waals surface area contributed by atoms with Gasteiger partial charge in [-0.25, -0.2) is 0 Å². The van der Waals surface area contributed by atoms with E-state index in [1.165, 1.54) is 32.4 Å². The Labute approximate surface area is 192 Å². The number of carbonyl (C=O) groups is 2. The summed E-state index contributed by atoms with van der Waals surface area (Å²) in [5, 5.41) is 15.7. The number of benzene rings is 3. The molecule has 3 aromatic carbocycles. The summed E-state index contributed by atoms with van der Waals surface area (Å²) in [5.74, 6) is -0.907. The molecule has 170 valence electrons. The average Bonchev–Trinajstić information content (AvgIpc) is 2.86. The summed E-state index contributed by atoms with van der Waals surface area (Å²) in [4.78, 5) is 26.0. The SMILES string of the molecule is COc1cc(C=C(C(=O)NCc2ccccc2)C(=O)NCc2ccccc2)cc(OC)c1O. The van der Waals surface area contributed by atoms with Crippen LogP contribution in [0.4, 0.5) is 0 Å². The van der Waals surface area contributed by atoms with E-state index in [2.05, 4.69) is 10.6 Å². The number of carbonyl (C=O) groups excluding carboxylic acids is 2. The number of phenolic OH excluding ortho intramolecular Hbond substituents is 1. The molecule has 0 fully saturated rings. The van der Waals surface area contributed by atoms with Crippen LogP contribution in [0.5, 0.6) is 17.2 Å². The fourth-order valence-electron chi connectivity index (χ4n) is 3.14. The smallest absolute Gasteiger partial charge is 0.257 e. The third-order valence-electron chi connectivity index (χ3n) is 4.89. The Kier molecular flexibility index (Phi) is 8.07. The minimum Gasteiger partial charge on any atom is -0.502 e. The van der Waals surface area contributed by atoms with Crippen molar-refractivity contribution in [3.63, 3.8) is 0 Å². The Bertz CT molecular complexity index is 1050. The largest absolute Gasteiger partial charge is 0.502 e. The van der Waals surface area contributed by atoms with E-state index in [1.807, 2.05) is 60.7 Å². The zero-order chi connectivity index (χ0) is 23.6. The molecule has 0 heterocycles. The monoisotopic (exact) mass is 446 g/mol. The number of nitrogens with one attached hydrogen (secondary N) is 2. The summed E-state index contributed by atoms with van der Waals surface area (Å²) < 4.78 is 10.4. The van der Waals surface area contributed by atoms with Gasteiger partial charge in [0.05, 0.1) is 14.2 Å². The molecule has 3 N–H and O–H groups in total. The van der Waals surface area contributed by atoms with E-state index in [1.54, 1.807) is 0 Å². The summed E-state index contributed by atoms with van der Waals surface area (Å²) in [5.41, 5.74) is 2.18. The van der Waals surface area contributed by atoms with Crippen LogP contribution in [0.3, 0.4) is 0 Å². The molecular formula is C26H26N2O5. The first-order chi connectivity index (χ1) is 16.0. The first-order valence-electron chi connectivity index (χ1n) is 10.3. The lowest BCUT2D eigenvalue weighted by Gasteiger charge is -2.12. The van der Waals surface area contributed by atoms with Crippen molar-refractivity contribution in [1.82, 2.24) is 10.6 Å². The highest BCUT2D eigenvalue weighted by atomic mass is 16.5. The van der Waals surface area contributed by atoms with Gasteiger partial charge in [0.1, 0.15) is 5.57 Å². The number of amides is 2. The van der Waals surface area contributed by atoms with Gasteiger partial charge in [0.2, 0.25) is 5.75 Å². The summed E-state index contributed by atoms with van der Waals surface area (Å²) in [6, 6.07) is 21.9. The number of hydrogen-bond acceptors (Lipinski definition) is 5. The molecule has 7 nitrogen and oxygen atoms in total. The van der Waals surface area contributed by atoms with Crippen LogP contribution in [0.1, 0.15) is 16.7 Å². The fourth-order valence-corrected chi connectivity index (χ4v) is 3.14. The quantitative estimate of drug-likeness (QED) is 0.266. The van der Waals surface area contributed by atoms with Crippen molar-refractivity contribution in [2.45, 2.75) is 13.1 Å². The van der Waals surface area contributed by atoms with Gasteiger partial charge in [-0.15, -0.1) is 0 Å². The van der Waals surface area contributed by atoms with Gasteiger partial charge in [0.15, 0.2) is 11.5 Å². The molecule has 0 aliphatic carbocycles. The van der Waals surface area contributed by atoms with Crippen molar-refractivity contribution in [3.05, 3.63) is 95.1 Å². The number of aromatic hydroxyl groups is 1. The normalized spacial score (nSPS) is 10.1. The summed E-state index contributed by atoms with van der Waals surface area (Å²) in [6.07, 6.45) is 1.44. The summed E-state index contributed by atoms with van der Waals surface area (Å²) in [6.45, 7) is 0.538. The zero-order valence-electron chi connectivity index (χ0n) is 18.5. The minimum absolute atomic E-state index is 0.0864. The van der Waals surface area contributed by atoms with Gasteiger partial charge < -0.3 is 25.2 Å². The standard InChI is InChI=1S/C26H26N2O5/c1-32-22-14-20(15-23(33-2)24(22)29)13-21(25(30)27-16-18-9-5-3-6-10-18)26(31)28-17-19-11-7-4-8-12-19/h3-15,29H,16-17H2,1-2H3,(H,27,30)(H,28,31). The molecule has 0 radical (unpaired) electrons. The van der Waals surface area contributed by atoms with Gasteiger partial charge in [-0.1, -0.05) is 60.7 Å². The van der Waals surface area contributed by atoms with Crippen LogP contribution < -0.4 is 20.1 Å². The Morgan fingerprint density at radius 2 is 1.21 bits per heavy atom. The molecule has 0 aliphatic rings. The maximum absolute atomic E-state index is 13.0. The molecule has 0 spiro atoms. The Morgan fingerprint density at radius 1 is 0.788 bits per heavy atom. The van der Waals surface area contributed by atoms with E-state index in [0.29, 0.717) is 5.56 Å². The van der Waals surface area contributed by atoms with E-state index in [0.717, 1.165) is 11.1 Å². The van der Waals surface area contributed by atoms with Gasteiger partial charge in [0, 0.05) is 13.1 Å². The molecule has 2 amide bonds. The number of rotatable bonds is 9. The second-order valence-corrected chi connectivity index (χ2v) is 7.17. The van der Waals surface area contributed by atoms with Crippen LogP contribution in [0.25, 0.3) is 6.08 Å². The lowest BCUT2D eigenvalue weighted by Crippen LogP contribution is -2.34. The van der Waals surface area contributed by atoms with Gasteiger partial charge in [-0.2, -0.15) is 0 Å². The molecule has 0 unspecified atom stereocenters. The topological polar surface area (TPSA) is 96.9 Å². The van der Waals surface area contributed by atoms with Crippen LogP contribution >= 0.6 is 0 Å². The second-order valence-electron chi connectivity index (χ2n) is 7.17. The summed E-state index contributed by atoms with van der Waals surface area (Å²) >= 11 is 0. The molecule has 0 aromatic heterocycles. The Morgan fingerprint density at radius 3 is 1.61 bits per heavy atom. The highest BCUT2D eigenvalue weighted by Gasteiger charge is 2.19. The average molecular weight is 447 g/mol. The highest BCUT2D eigenvalue weighted by Crippen LogP contribution is 2.37. The van der Waals surface area contributed by atoms with Crippen LogP contribution in [0.2, 0.25) is 0 Å². The third kappa shape index (κ3) is 6.36. The number of methoxy groups -OCH3 is 2. The van der Waals surface area contributed by atoms with Crippen LogP contribution in [0, 0.1) is 0 Å². The predicted molar refractivity (Wildman–Crippen MR) is 126 cm³/mol. The van der Waals surface area contributed by atoms with Crippen molar-refractivity contribution in [1.29, 1.82) is 0 Å². The van der Waals surface area contributed by atoms with E-state index in [4.69, 9.17) is 9.47 Å². The third-order valence-corrected chi connectivity index (χ3v) is 4.89. The lowest BCUT2D eigenvalue weighted by atomic mass is 10.1. The van der Waals surface area contributed by atoms with Crippen LogP contribution in [0.15, 0.2) is 78.4 Å². The van der Waals surface area contributed by atoms with E-state index in [9.17, 15) is 14.7 Å². The molecule has 0 saturated carbocycles. The second kappa shape index (κ2) is 11.4. The van der Waals surface area contributed by atoms with Crippen LogP contribution in [-0.2, 0) is 22.7 Å². The van der Waals surface area contributed by atoms with Gasteiger partial charge in [-0.3, -0.25) is 9.59 Å². The zero-order valence-corrected chi connectivity index (χ0v) is 18.5. The molecule has 3 rings (SSSR count). The van der Waals surface area contributed by atoms with Crippen LogP contribution in [-0.4, -0.2) is 31.1 Å². The predicted octanol–water partition coefficient (Wildman–Crippen LogP) is 3.43. The van der Waals surface area contributed by atoms with Crippen molar-refractivity contribution < 1.29 is 24.2 Å².